The van der Waals surface area contributed by atoms with E-state index >= 15 is 0 Å². The zero-order valence-electron chi connectivity index (χ0n) is 12.8. The van der Waals surface area contributed by atoms with Gasteiger partial charge in [0, 0.05) is 30.0 Å². The predicted octanol–water partition coefficient (Wildman–Crippen LogP) is 3.63. The molecule has 1 saturated heterocycles. The summed E-state index contributed by atoms with van der Waals surface area (Å²) in [6.07, 6.45) is 2.84. The van der Waals surface area contributed by atoms with Gasteiger partial charge in [0.2, 0.25) is 5.91 Å². The van der Waals surface area contributed by atoms with E-state index in [0.717, 1.165) is 36.4 Å². The van der Waals surface area contributed by atoms with Crippen LogP contribution in [0.4, 0.5) is 0 Å². The topological polar surface area (TPSA) is 37.4 Å². The molecule has 0 aliphatic carbocycles. The van der Waals surface area contributed by atoms with Crippen molar-refractivity contribution >= 4 is 23.5 Å². The predicted molar refractivity (Wildman–Crippen MR) is 86.8 cm³/mol. The SMILES string of the molecule is CC(C)CC(=O)c1ccc(SCC(=O)N2CCCC2)cc1. The van der Waals surface area contributed by atoms with Gasteiger partial charge in [-0.15, -0.1) is 11.8 Å². The lowest BCUT2D eigenvalue weighted by Crippen LogP contribution is -2.29. The first-order chi connectivity index (χ1) is 10.1. The maximum atomic E-state index is 12.0. The van der Waals surface area contributed by atoms with Crippen molar-refractivity contribution in [1.29, 1.82) is 0 Å². The minimum Gasteiger partial charge on any atom is -0.342 e. The molecule has 1 aliphatic heterocycles. The van der Waals surface area contributed by atoms with E-state index in [4.69, 9.17) is 0 Å². The van der Waals surface area contributed by atoms with Crippen LogP contribution in [0.15, 0.2) is 29.2 Å². The largest absolute Gasteiger partial charge is 0.342 e. The lowest BCUT2D eigenvalue weighted by atomic mass is 10.0. The van der Waals surface area contributed by atoms with E-state index in [1.807, 2.05) is 43.0 Å². The zero-order chi connectivity index (χ0) is 15.2. The summed E-state index contributed by atoms with van der Waals surface area (Å²) >= 11 is 1.55. The van der Waals surface area contributed by atoms with Gasteiger partial charge in [0.05, 0.1) is 5.75 Å². The Kier molecular flexibility index (Phi) is 5.85. The summed E-state index contributed by atoms with van der Waals surface area (Å²) in [5, 5.41) is 0. The molecule has 114 valence electrons. The van der Waals surface area contributed by atoms with Crippen molar-refractivity contribution in [3.8, 4) is 0 Å². The second-order valence-corrected chi connectivity index (χ2v) is 6.97. The van der Waals surface area contributed by atoms with E-state index in [1.54, 1.807) is 11.8 Å². The Morgan fingerprint density at radius 3 is 2.33 bits per heavy atom. The Balaban J connectivity index is 1.84. The molecule has 1 aliphatic rings. The average Bonchev–Trinajstić information content (AvgIpc) is 2.99. The van der Waals surface area contributed by atoms with Gasteiger partial charge in [-0.25, -0.2) is 0 Å². The van der Waals surface area contributed by atoms with Crippen LogP contribution < -0.4 is 0 Å². The van der Waals surface area contributed by atoms with Gasteiger partial charge in [-0.3, -0.25) is 9.59 Å². The summed E-state index contributed by atoms with van der Waals surface area (Å²) in [4.78, 5) is 26.9. The number of carbonyl (C=O) groups excluding carboxylic acids is 2. The molecule has 1 aromatic carbocycles. The van der Waals surface area contributed by atoms with Gasteiger partial charge in [-0.2, -0.15) is 0 Å². The fourth-order valence-electron chi connectivity index (χ4n) is 2.43. The standard InChI is InChI=1S/C17H23NO2S/c1-13(2)11-16(19)14-5-7-15(8-6-14)21-12-17(20)18-9-3-4-10-18/h5-8,13H,3-4,9-12H2,1-2H3. The van der Waals surface area contributed by atoms with Gasteiger partial charge >= 0.3 is 0 Å². The highest BCUT2D eigenvalue weighted by molar-refractivity contribution is 8.00. The van der Waals surface area contributed by atoms with Crippen molar-refractivity contribution in [2.24, 2.45) is 5.92 Å². The molecular formula is C17H23NO2S. The maximum absolute atomic E-state index is 12.0. The van der Waals surface area contributed by atoms with Crippen LogP contribution in [0, 0.1) is 5.92 Å². The number of thioether (sulfide) groups is 1. The number of hydrogen-bond donors (Lipinski definition) is 0. The fraction of sp³-hybridized carbons (Fsp3) is 0.529. The maximum Gasteiger partial charge on any atom is 0.232 e. The Bertz CT molecular complexity index is 490. The number of hydrogen-bond acceptors (Lipinski definition) is 3. The molecular weight excluding hydrogens is 282 g/mol. The van der Waals surface area contributed by atoms with Crippen molar-refractivity contribution in [3.63, 3.8) is 0 Å². The molecule has 21 heavy (non-hydrogen) atoms. The lowest BCUT2D eigenvalue weighted by molar-refractivity contribution is -0.127. The van der Waals surface area contributed by atoms with Gasteiger partial charge in [-0.05, 0) is 30.9 Å². The van der Waals surface area contributed by atoms with E-state index in [1.165, 1.54) is 0 Å². The molecule has 1 heterocycles. The smallest absolute Gasteiger partial charge is 0.232 e. The van der Waals surface area contributed by atoms with E-state index in [0.29, 0.717) is 18.1 Å². The third-order valence-electron chi connectivity index (χ3n) is 3.59. The van der Waals surface area contributed by atoms with E-state index in [9.17, 15) is 9.59 Å². The summed E-state index contributed by atoms with van der Waals surface area (Å²) in [5.41, 5.74) is 0.763. The van der Waals surface area contributed by atoms with Crippen molar-refractivity contribution in [1.82, 2.24) is 4.90 Å². The Labute approximate surface area is 131 Å². The molecule has 0 N–H and O–H groups in total. The van der Waals surface area contributed by atoms with Crippen molar-refractivity contribution in [3.05, 3.63) is 29.8 Å². The van der Waals surface area contributed by atoms with Crippen LogP contribution in [0.2, 0.25) is 0 Å². The molecule has 3 nitrogen and oxygen atoms in total. The summed E-state index contributed by atoms with van der Waals surface area (Å²) in [5.74, 6) is 1.27. The highest BCUT2D eigenvalue weighted by atomic mass is 32.2. The second kappa shape index (κ2) is 7.64. The molecule has 0 aromatic heterocycles. The number of amides is 1. The molecule has 0 spiro atoms. The van der Waals surface area contributed by atoms with Gasteiger partial charge in [0.25, 0.3) is 0 Å². The normalized spacial score (nSPS) is 14.7. The molecule has 1 fully saturated rings. The molecule has 4 heteroatoms. The lowest BCUT2D eigenvalue weighted by Gasteiger charge is -2.14. The minimum atomic E-state index is 0.190. The summed E-state index contributed by atoms with van der Waals surface area (Å²) in [6, 6.07) is 7.62. The van der Waals surface area contributed by atoms with E-state index < -0.39 is 0 Å². The molecule has 0 unspecified atom stereocenters. The highest BCUT2D eigenvalue weighted by Crippen LogP contribution is 2.21. The Morgan fingerprint density at radius 1 is 1.14 bits per heavy atom. The molecule has 1 aromatic rings. The van der Waals surface area contributed by atoms with Crippen LogP contribution in [-0.2, 0) is 4.79 Å². The third-order valence-corrected chi connectivity index (χ3v) is 4.59. The van der Waals surface area contributed by atoms with Crippen molar-refractivity contribution in [2.45, 2.75) is 38.0 Å². The number of likely N-dealkylation sites (tertiary alicyclic amines) is 1. The fourth-order valence-corrected chi connectivity index (χ4v) is 3.23. The first-order valence-corrected chi connectivity index (χ1v) is 8.58. The van der Waals surface area contributed by atoms with Crippen molar-refractivity contribution < 1.29 is 9.59 Å². The molecule has 0 radical (unpaired) electrons. The Morgan fingerprint density at radius 2 is 1.76 bits per heavy atom. The van der Waals surface area contributed by atoms with Gasteiger partial charge in [0.15, 0.2) is 5.78 Å². The number of rotatable bonds is 6. The molecule has 0 atom stereocenters. The Hall–Kier alpha value is -1.29. The molecule has 2 rings (SSSR count). The second-order valence-electron chi connectivity index (χ2n) is 5.92. The number of nitrogens with zero attached hydrogens (tertiary/aromatic N) is 1. The van der Waals surface area contributed by atoms with Crippen LogP contribution in [0.5, 0.6) is 0 Å². The third kappa shape index (κ3) is 4.88. The average molecular weight is 305 g/mol. The summed E-state index contributed by atoms with van der Waals surface area (Å²) in [7, 11) is 0. The minimum absolute atomic E-state index is 0.190. The number of ketones is 1. The van der Waals surface area contributed by atoms with Crippen LogP contribution in [0.25, 0.3) is 0 Å². The number of Topliss-reactive ketones (excluding diaryl/α,β-unsaturated/α-hetero) is 1. The summed E-state index contributed by atoms with van der Waals surface area (Å²) in [6.45, 7) is 5.91. The summed E-state index contributed by atoms with van der Waals surface area (Å²) < 4.78 is 0. The van der Waals surface area contributed by atoms with Gasteiger partial charge in [0.1, 0.15) is 0 Å². The first kappa shape index (κ1) is 16.1. The number of carbonyl (C=O) groups is 2. The molecule has 0 saturated carbocycles. The first-order valence-electron chi connectivity index (χ1n) is 7.60. The van der Waals surface area contributed by atoms with Crippen molar-refractivity contribution in [2.75, 3.05) is 18.8 Å². The van der Waals surface area contributed by atoms with Gasteiger partial charge in [-0.1, -0.05) is 26.0 Å². The van der Waals surface area contributed by atoms with Crippen LogP contribution in [0.1, 0.15) is 43.5 Å². The quantitative estimate of drug-likeness (QED) is 0.595. The van der Waals surface area contributed by atoms with E-state index in [2.05, 4.69) is 0 Å². The van der Waals surface area contributed by atoms with Crippen LogP contribution in [-0.4, -0.2) is 35.4 Å². The monoisotopic (exact) mass is 305 g/mol. The molecule has 0 bridgehead atoms. The van der Waals surface area contributed by atoms with Crippen LogP contribution >= 0.6 is 11.8 Å². The number of benzene rings is 1. The highest BCUT2D eigenvalue weighted by Gasteiger charge is 2.17. The van der Waals surface area contributed by atoms with Gasteiger partial charge < -0.3 is 4.90 Å². The van der Waals surface area contributed by atoms with E-state index in [-0.39, 0.29) is 11.7 Å². The van der Waals surface area contributed by atoms with Crippen LogP contribution in [0.3, 0.4) is 0 Å². The zero-order valence-corrected chi connectivity index (χ0v) is 13.6. The molecule has 1 amide bonds.